The molecular formula is C108H80. The molecule has 0 spiro atoms. The Kier molecular flexibility index (Phi) is 13.9. The van der Waals surface area contributed by atoms with Gasteiger partial charge in [-0.2, -0.15) is 0 Å². The van der Waals surface area contributed by atoms with Crippen LogP contribution in [-0.4, -0.2) is 0 Å². The predicted molar refractivity (Wildman–Crippen MR) is 461 cm³/mol. The standard InChI is InChI=1S/2C54H40/c1-53(2)48-31-42(41-23-22-39-28-38(20-21-40(39)29-41)37-19-17-33-11-5-7-13-35(33)27-37)25-26-45(48)51-49(53)32-46(43-24-18-34-12-6-8-14-36(34)30-43)50-44-15-9-10-16-47(44)54(3,4)52(50)51;1-53(2)49-16-10-9-15-44(49)47-31-52-48(32-51(47)53)45-24-23-39(30-50(45)54(52,3)4)42-28-40-13-7-8-14-43(40)46(29-42)41-22-21-37-26-36(19-20-38(37)27-41)35-18-17-33-11-5-6-12-34(33)25-35/h2*5-32H,1-4H3. The van der Waals surface area contributed by atoms with E-state index in [0.29, 0.717) is 0 Å². The lowest BCUT2D eigenvalue weighted by molar-refractivity contribution is 0.648. The Bertz CT molecular complexity index is 6920. The highest BCUT2D eigenvalue weighted by Gasteiger charge is 2.47. The average Bonchev–Trinajstić information content (AvgIpc) is 1.52. The van der Waals surface area contributed by atoms with Crippen molar-refractivity contribution < 1.29 is 0 Å². The number of hydrogen-bond donors (Lipinski definition) is 0. The zero-order valence-electron chi connectivity index (χ0n) is 62.3. The maximum atomic E-state index is 2.54. The van der Waals surface area contributed by atoms with Crippen molar-refractivity contribution in [3.05, 3.63) is 384 Å². The van der Waals surface area contributed by atoms with Gasteiger partial charge < -0.3 is 0 Å². The normalized spacial score (nSPS) is 14.6. The second kappa shape index (κ2) is 23.5. The fraction of sp³-hybridized carbons (Fsp3) is 0.111. The van der Waals surface area contributed by atoms with E-state index >= 15 is 0 Å². The number of rotatable bonds is 6. The molecule has 22 rings (SSSR count). The Balaban J connectivity index is 0.000000138. The molecule has 0 N–H and O–H groups in total. The molecule has 18 aromatic carbocycles. The van der Waals surface area contributed by atoms with E-state index in [1.54, 1.807) is 0 Å². The molecule has 18 aromatic rings. The molecule has 0 aliphatic heterocycles. The molecule has 0 fully saturated rings. The van der Waals surface area contributed by atoms with Crippen molar-refractivity contribution in [2.24, 2.45) is 0 Å². The summed E-state index contributed by atoms with van der Waals surface area (Å²) in [5.74, 6) is 0. The number of benzene rings is 18. The third-order valence-electron chi connectivity index (χ3n) is 25.6. The molecule has 0 bridgehead atoms. The van der Waals surface area contributed by atoms with E-state index in [1.807, 2.05) is 0 Å². The topological polar surface area (TPSA) is 0 Å². The van der Waals surface area contributed by atoms with Crippen LogP contribution in [0.25, 0.3) is 176 Å². The van der Waals surface area contributed by atoms with Crippen LogP contribution in [-0.2, 0) is 21.7 Å². The summed E-state index contributed by atoms with van der Waals surface area (Å²) in [5.41, 5.74) is 37.3. The molecule has 0 heterocycles. The molecule has 0 saturated heterocycles. The minimum absolute atomic E-state index is 0.0163. The molecule has 0 saturated carbocycles. The first-order chi connectivity index (χ1) is 52.5. The van der Waals surface area contributed by atoms with Gasteiger partial charge in [0.15, 0.2) is 0 Å². The molecule has 0 radical (unpaired) electrons. The fourth-order valence-corrected chi connectivity index (χ4v) is 19.7. The highest BCUT2D eigenvalue weighted by molar-refractivity contribution is 6.06. The molecular weight excluding hydrogens is 1300 g/mol. The highest BCUT2D eigenvalue weighted by atomic mass is 14.5. The smallest absolute Gasteiger partial charge is 0.0165 e. The van der Waals surface area contributed by atoms with Gasteiger partial charge in [0.05, 0.1) is 0 Å². The van der Waals surface area contributed by atoms with Gasteiger partial charge in [-0.15, -0.1) is 0 Å². The Morgan fingerprint density at radius 1 is 0.148 bits per heavy atom. The first-order valence-corrected chi connectivity index (χ1v) is 38.5. The van der Waals surface area contributed by atoms with Gasteiger partial charge >= 0.3 is 0 Å². The van der Waals surface area contributed by atoms with Crippen molar-refractivity contribution >= 4 is 64.6 Å². The first-order valence-electron chi connectivity index (χ1n) is 38.5. The van der Waals surface area contributed by atoms with Crippen LogP contribution in [0.2, 0.25) is 0 Å². The largest absolute Gasteiger partial charge is 0.0619 e. The minimum atomic E-state index is -0.169. The summed E-state index contributed by atoms with van der Waals surface area (Å²) in [4.78, 5) is 0. The summed E-state index contributed by atoms with van der Waals surface area (Å²) in [5, 5.41) is 15.2. The van der Waals surface area contributed by atoms with E-state index in [0.717, 1.165) is 0 Å². The molecule has 108 heavy (non-hydrogen) atoms. The van der Waals surface area contributed by atoms with Crippen LogP contribution in [0.4, 0.5) is 0 Å². The first kappa shape index (κ1) is 63.9. The van der Waals surface area contributed by atoms with Crippen molar-refractivity contribution in [1.29, 1.82) is 0 Å². The average molecular weight is 1380 g/mol. The fourth-order valence-electron chi connectivity index (χ4n) is 19.7. The quantitative estimate of drug-likeness (QED) is 0.156. The minimum Gasteiger partial charge on any atom is -0.0619 e. The molecule has 512 valence electrons. The molecule has 0 aromatic heterocycles. The molecule has 0 nitrogen and oxygen atoms in total. The van der Waals surface area contributed by atoms with Gasteiger partial charge in [-0.3, -0.25) is 0 Å². The molecule has 4 aliphatic carbocycles. The van der Waals surface area contributed by atoms with E-state index in [-0.39, 0.29) is 21.7 Å². The van der Waals surface area contributed by atoms with Crippen LogP contribution in [0.5, 0.6) is 0 Å². The second-order valence-electron chi connectivity index (χ2n) is 33.1. The lowest BCUT2D eigenvalue weighted by Crippen LogP contribution is -2.18. The maximum absolute atomic E-state index is 2.54. The maximum Gasteiger partial charge on any atom is 0.0165 e. The molecule has 4 aliphatic rings. The summed E-state index contributed by atoms with van der Waals surface area (Å²) in [6.07, 6.45) is 0. The lowest BCUT2D eigenvalue weighted by Gasteiger charge is -2.27. The zero-order chi connectivity index (χ0) is 72.7. The van der Waals surface area contributed by atoms with Crippen molar-refractivity contribution in [1.82, 2.24) is 0 Å². The van der Waals surface area contributed by atoms with Crippen LogP contribution in [0.1, 0.15) is 99.9 Å². The lowest BCUT2D eigenvalue weighted by atomic mass is 9.75. The van der Waals surface area contributed by atoms with Crippen molar-refractivity contribution in [2.75, 3.05) is 0 Å². The Morgan fingerprint density at radius 2 is 0.444 bits per heavy atom. The summed E-state index contributed by atoms with van der Waals surface area (Å²) in [7, 11) is 0. The monoisotopic (exact) mass is 1380 g/mol. The van der Waals surface area contributed by atoms with Crippen LogP contribution in [0, 0.1) is 0 Å². The van der Waals surface area contributed by atoms with Gasteiger partial charge in [0, 0.05) is 21.7 Å². The van der Waals surface area contributed by atoms with E-state index in [4.69, 9.17) is 0 Å². The summed E-state index contributed by atoms with van der Waals surface area (Å²) in [6.45, 7) is 19.3. The highest BCUT2D eigenvalue weighted by Crippen LogP contribution is 2.63. The zero-order valence-corrected chi connectivity index (χ0v) is 62.3. The van der Waals surface area contributed by atoms with E-state index in [1.165, 1.54) is 220 Å². The van der Waals surface area contributed by atoms with Crippen LogP contribution >= 0.6 is 0 Å². The van der Waals surface area contributed by atoms with Gasteiger partial charge in [-0.1, -0.05) is 310 Å². The Morgan fingerprint density at radius 3 is 0.963 bits per heavy atom. The van der Waals surface area contributed by atoms with Gasteiger partial charge in [0.2, 0.25) is 0 Å². The van der Waals surface area contributed by atoms with Gasteiger partial charge in [-0.25, -0.2) is 0 Å². The van der Waals surface area contributed by atoms with Crippen LogP contribution in [0.3, 0.4) is 0 Å². The van der Waals surface area contributed by atoms with E-state index in [9.17, 15) is 0 Å². The molecule has 0 unspecified atom stereocenters. The Labute approximate surface area is 633 Å². The third kappa shape index (κ3) is 9.75. The van der Waals surface area contributed by atoms with Gasteiger partial charge in [-0.05, 0) is 305 Å². The van der Waals surface area contributed by atoms with E-state index < -0.39 is 0 Å². The molecule has 0 amide bonds. The second-order valence-corrected chi connectivity index (χ2v) is 33.1. The SMILES string of the molecule is CC1(C)c2cc(-c3ccc4cc(-c5ccc6ccccc6c5)ccc4c3)ccc2-c2c1cc(-c1ccc3ccccc3c1)c1c2C(C)(C)c2ccccc2-1.CC1(C)c2ccccc2-c2cc3c(cc21)-c1ccc(-c2cc(-c4ccc5cc(-c6ccc7ccccc7c6)ccc5c4)c4ccccc4c2)cc1C3(C)C. The van der Waals surface area contributed by atoms with Gasteiger partial charge in [0.25, 0.3) is 0 Å². The van der Waals surface area contributed by atoms with Crippen LogP contribution in [0.15, 0.2) is 340 Å². The summed E-state index contributed by atoms with van der Waals surface area (Å²) in [6, 6.07) is 128. The van der Waals surface area contributed by atoms with Crippen molar-refractivity contribution in [2.45, 2.75) is 77.0 Å². The summed E-state index contributed by atoms with van der Waals surface area (Å²) < 4.78 is 0. The Hall–Kier alpha value is -12.5. The van der Waals surface area contributed by atoms with Crippen LogP contribution < -0.4 is 0 Å². The van der Waals surface area contributed by atoms with Crippen molar-refractivity contribution in [3.8, 4) is 111 Å². The summed E-state index contributed by atoms with van der Waals surface area (Å²) >= 11 is 0. The predicted octanol–water partition coefficient (Wildman–Crippen LogP) is 29.5. The third-order valence-corrected chi connectivity index (χ3v) is 25.6. The number of hydrogen-bond acceptors (Lipinski definition) is 0. The van der Waals surface area contributed by atoms with Crippen molar-refractivity contribution in [3.63, 3.8) is 0 Å². The van der Waals surface area contributed by atoms with E-state index in [2.05, 4.69) is 395 Å². The molecule has 0 atom stereocenters. The van der Waals surface area contributed by atoms with Gasteiger partial charge in [0.1, 0.15) is 0 Å². The molecule has 0 heteroatoms. The number of fused-ring (bicyclic) bond motifs is 19.